The summed E-state index contributed by atoms with van der Waals surface area (Å²) >= 11 is 0. The van der Waals surface area contributed by atoms with E-state index in [4.69, 9.17) is 11.5 Å². The van der Waals surface area contributed by atoms with Gasteiger partial charge in [-0.3, -0.25) is 0 Å². The predicted molar refractivity (Wildman–Crippen MR) is 44.5 cm³/mol. The van der Waals surface area contributed by atoms with E-state index >= 15 is 0 Å². The van der Waals surface area contributed by atoms with E-state index in [9.17, 15) is 8.42 Å². The van der Waals surface area contributed by atoms with Gasteiger partial charge in [-0.25, -0.2) is 8.42 Å². The number of nitrogens with zero attached hydrogens (tertiary/aromatic N) is 1. The highest BCUT2D eigenvalue weighted by Gasteiger charge is 2.06. The Morgan fingerprint density at radius 3 is 2.36 bits per heavy atom. The zero-order chi connectivity index (χ0) is 8.91. The van der Waals surface area contributed by atoms with Gasteiger partial charge in [0.2, 0.25) is 5.96 Å². The lowest BCUT2D eigenvalue weighted by molar-refractivity contribution is 0.594. The van der Waals surface area contributed by atoms with Gasteiger partial charge in [0.15, 0.2) is 0 Å². The fraction of sp³-hybridized carbons (Fsp3) is 0.800. The second-order valence-corrected chi connectivity index (χ2v) is 3.91. The zero-order valence-electron chi connectivity index (χ0n) is 6.45. The topological polar surface area (TPSA) is 98.5 Å². The average molecular weight is 179 g/mol. The molecule has 0 fully saturated rings. The summed E-state index contributed by atoms with van der Waals surface area (Å²) in [5.41, 5.74) is 9.80. The molecular formula is C5H13N3O2S. The van der Waals surface area contributed by atoms with Crippen LogP contribution in [0.3, 0.4) is 0 Å². The summed E-state index contributed by atoms with van der Waals surface area (Å²) in [5, 5.41) is 0. The van der Waals surface area contributed by atoms with Crippen LogP contribution in [0, 0.1) is 0 Å². The largest absolute Gasteiger partial charge is 0.369 e. The second kappa shape index (κ2) is 4.17. The highest BCUT2D eigenvalue weighted by molar-refractivity contribution is 7.90. The molecule has 66 valence electrons. The van der Waals surface area contributed by atoms with E-state index in [2.05, 4.69) is 4.40 Å². The number of sulfonamides is 1. The molecule has 0 aliphatic carbocycles. The summed E-state index contributed by atoms with van der Waals surface area (Å²) in [6, 6.07) is 0. The predicted octanol–water partition coefficient (Wildman–Crippen LogP) is -0.610. The lowest BCUT2D eigenvalue weighted by atomic mass is 10.4. The molecule has 0 aromatic carbocycles. The normalized spacial score (nSPS) is 11.0. The van der Waals surface area contributed by atoms with Crippen molar-refractivity contribution in [3.63, 3.8) is 0 Å². The number of hydrogen-bond acceptors (Lipinski definition) is 2. The molecule has 0 heterocycles. The van der Waals surface area contributed by atoms with Crippen LogP contribution < -0.4 is 11.5 Å². The van der Waals surface area contributed by atoms with Gasteiger partial charge in [0.25, 0.3) is 10.0 Å². The SMILES string of the molecule is CCCCS(=O)(=O)N=C(N)N. The molecule has 0 radical (unpaired) electrons. The molecule has 0 bridgehead atoms. The Bertz CT molecular complexity index is 228. The first kappa shape index (κ1) is 10.2. The summed E-state index contributed by atoms with van der Waals surface area (Å²) in [6.45, 7) is 1.89. The monoisotopic (exact) mass is 179 g/mol. The number of guanidine groups is 1. The molecular weight excluding hydrogens is 166 g/mol. The standard InChI is InChI=1S/C5H13N3O2S/c1-2-3-4-11(9,10)8-5(6)7/h2-4H2,1H3,(H4,6,7,8). The van der Waals surface area contributed by atoms with Crippen LogP contribution in [0.1, 0.15) is 19.8 Å². The third-order valence-electron chi connectivity index (χ3n) is 1.00. The summed E-state index contributed by atoms with van der Waals surface area (Å²) < 4.78 is 24.8. The van der Waals surface area contributed by atoms with Gasteiger partial charge in [-0.1, -0.05) is 13.3 Å². The van der Waals surface area contributed by atoms with E-state index < -0.39 is 16.0 Å². The Labute approximate surface area is 66.5 Å². The molecule has 6 heteroatoms. The van der Waals surface area contributed by atoms with Crippen LogP contribution in [-0.4, -0.2) is 20.1 Å². The van der Waals surface area contributed by atoms with Crippen LogP contribution in [0.15, 0.2) is 4.40 Å². The number of rotatable bonds is 4. The molecule has 0 aliphatic rings. The van der Waals surface area contributed by atoms with E-state index in [1.165, 1.54) is 0 Å². The van der Waals surface area contributed by atoms with Crippen LogP contribution >= 0.6 is 0 Å². The van der Waals surface area contributed by atoms with Crippen LogP contribution in [-0.2, 0) is 10.0 Å². The Balaban J connectivity index is 4.14. The Kier molecular flexibility index (Phi) is 3.88. The van der Waals surface area contributed by atoms with Crippen LogP contribution in [0.5, 0.6) is 0 Å². The zero-order valence-corrected chi connectivity index (χ0v) is 7.26. The van der Waals surface area contributed by atoms with E-state index in [1.54, 1.807) is 0 Å². The molecule has 0 saturated heterocycles. The Hall–Kier alpha value is -0.780. The van der Waals surface area contributed by atoms with Crippen LogP contribution in [0.4, 0.5) is 0 Å². The highest BCUT2D eigenvalue weighted by Crippen LogP contribution is 1.97. The third kappa shape index (κ3) is 5.65. The van der Waals surface area contributed by atoms with Crippen molar-refractivity contribution in [2.24, 2.45) is 15.9 Å². The lowest BCUT2D eigenvalue weighted by Gasteiger charge is -1.95. The maximum absolute atomic E-state index is 10.9. The molecule has 5 nitrogen and oxygen atoms in total. The maximum atomic E-state index is 10.9. The van der Waals surface area contributed by atoms with Crippen molar-refractivity contribution < 1.29 is 8.42 Å². The molecule has 0 rings (SSSR count). The van der Waals surface area contributed by atoms with Gasteiger partial charge in [0, 0.05) is 0 Å². The summed E-state index contributed by atoms with van der Waals surface area (Å²) in [6.07, 6.45) is 1.39. The molecule has 0 aromatic heterocycles. The van der Waals surface area contributed by atoms with Crippen molar-refractivity contribution in [1.82, 2.24) is 0 Å². The Morgan fingerprint density at radius 2 is 2.00 bits per heavy atom. The van der Waals surface area contributed by atoms with Gasteiger partial charge in [-0.05, 0) is 6.42 Å². The summed E-state index contributed by atoms with van der Waals surface area (Å²) in [4.78, 5) is 0. The van der Waals surface area contributed by atoms with Gasteiger partial charge in [0.05, 0.1) is 5.75 Å². The molecule has 0 atom stereocenters. The quantitative estimate of drug-likeness (QED) is 0.444. The highest BCUT2D eigenvalue weighted by atomic mass is 32.2. The minimum atomic E-state index is -3.41. The number of hydrogen-bond donors (Lipinski definition) is 2. The number of nitrogens with two attached hydrogens (primary N) is 2. The first-order chi connectivity index (χ1) is 4.98. The average Bonchev–Trinajstić information content (AvgIpc) is 1.81. The summed E-state index contributed by atoms with van der Waals surface area (Å²) in [7, 11) is -3.41. The smallest absolute Gasteiger partial charge is 0.256 e. The van der Waals surface area contributed by atoms with E-state index in [-0.39, 0.29) is 5.75 Å². The fourth-order valence-corrected chi connectivity index (χ4v) is 1.60. The minimum Gasteiger partial charge on any atom is -0.369 e. The minimum absolute atomic E-state index is 0.0153. The molecule has 0 amide bonds. The first-order valence-corrected chi connectivity index (χ1v) is 4.92. The van der Waals surface area contributed by atoms with Gasteiger partial charge < -0.3 is 11.5 Å². The second-order valence-electron chi connectivity index (χ2n) is 2.16. The fourth-order valence-electron chi connectivity index (χ4n) is 0.533. The molecule has 0 unspecified atom stereocenters. The van der Waals surface area contributed by atoms with Crippen molar-refractivity contribution in [3.05, 3.63) is 0 Å². The summed E-state index contributed by atoms with van der Waals surface area (Å²) in [5.74, 6) is -0.386. The van der Waals surface area contributed by atoms with E-state index in [0.29, 0.717) is 6.42 Å². The molecule has 0 aliphatic heterocycles. The third-order valence-corrected chi connectivity index (χ3v) is 2.29. The lowest BCUT2D eigenvalue weighted by Crippen LogP contribution is -2.24. The molecule has 0 saturated carbocycles. The van der Waals surface area contributed by atoms with Crippen molar-refractivity contribution in [2.45, 2.75) is 19.8 Å². The van der Waals surface area contributed by atoms with Crippen LogP contribution in [0.25, 0.3) is 0 Å². The molecule has 0 aromatic rings. The van der Waals surface area contributed by atoms with E-state index in [0.717, 1.165) is 6.42 Å². The van der Waals surface area contributed by atoms with Gasteiger partial charge in [0.1, 0.15) is 0 Å². The maximum Gasteiger partial charge on any atom is 0.256 e. The first-order valence-electron chi connectivity index (χ1n) is 3.31. The van der Waals surface area contributed by atoms with Crippen molar-refractivity contribution in [2.75, 3.05) is 5.75 Å². The van der Waals surface area contributed by atoms with Gasteiger partial charge in [-0.2, -0.15) is 0 Å². The van der Waals surface area contributed by atoms with Gasteiger partial charge in [-0.15, -0.1) is 4.40 Å². The molecule has 4 N–H and O–H groups in total. The van der Waals surface area contributed by atoms with Crippen molar-refractivity contribution >= 4 is 16.0 Å². The van der Waals surface area contributed by atoms with Crippen molar-refractivity contribution in [3.8, 4) is 0 Å². The van der Waals surface area contributed by atoms with Crippen molar-refractivity contribution in [1.29, 1.82) is 0 Å². The molecule has 11 heavy (non-hydrogen) atoms. The Morgan fingerprint density at radius 1 is 1.45 bits per heavy atom. The molecule has 0 spiro atoms. The van der Waals surface area contributed by atoms with Crippen LogP contribution in [0.2, 0.25) is 0 Å². The number of unbranched alkanes of at least 4 members (excludes halogenated alkanes) is 1. The van der Waals surface area contributed by atoms with Gasteiger partial charge >= 0.3 is 0 Å². The van der Waals surface area contributed by atoms with E-state index in [1.807, 2.05) is 6.92 Å².